The molecule has 1 rings (SSSR count). The van der Waals surface area contributed by atoms with E-state index in [-0.39, 0.29) is 12.5 Å². The number of aliphatic carboxylic acids is 1. The van der Waals surface area contributed by atoms with Gasteiger partial charge in [0.1, 0.15) is 0 Å². The zero-order valence-corrected chi connectivity index (χ0v) is 11.9. The number of rotatable bonds is 5. The Morgan fingerprint density at radius 2 is 2.11 bits per heavy atom. The molecule has 1 fully saturated rings. The first-order chi connectivity index (χ1) is 8.92. The Hall–Kier alpha value is -1.30. The number of amides is 1. The summed E-state index contributed by atoms with van der Waals surface area (Å²) in [6, 6.07) is 0.414. The quantitative estimate of drug-likeness (QED) is 0.789. The average molecular weight is 272 g/mol. The number of carboxylic acid groups (broad SMARTS) is 1. The van der Waals surface area contributed by atoms with Crippen LogP contribution in [0.3, 0.4) is 0 Å². The first-order valence-corrected chi connectivity index (χ1v) is 6.72. The molecule has 0 bridgehead atoms. The number of alkyl carbamates (subject to hydrolysis) is 1. The number of nitrogens with one attached hydrogen (secondary N) is 1. The second-order valence-electron chi connectivity index (χ2n) is 5.41. The van der Waals surface area contributed by atoms with Crippen molar-refractivity contribution in [2.24, 2.45) is 5.92 Å². The molecule has 1 heterocycles. The van der Waals surface area contributed by atoms with E-state index in [1.807, 2.05) is 0 Å². The molecule has 0 aromatic rings. The number of nitrogens with zero attached hydrogens (tertiary/aromatic N) is 1. The molecule has 6 nitrogen and oxygen atoms in total. The van der Waals surface area contributed by atoms with Crippen LogP contribution in [0.1, 0.15) is 33.1 Å². The van der Waals surface area contributed by atoms with Crippen molar-refractivity contribution < 1.29 is 19.4 Å². The summed E-state index contributed by atoms with van der Waals surface area (Å²) in [5, 5.41) is 11.6. The molecule has 1 saturated heterocycles. The molecular weight excluding hydrogens is 248 g/mol. The van der Waals surface area contributed by atoms with E-state index in [9.17, 15) is 9.59 Å². The van der Waals surface area contributed by atoms with Crippen LogP contribution in [0.25, 0.3) is 0 Å². The van der Waals surface area contributed by atoms with Crippen LogP contribution in [0.5, 0.6) is 0 Å². The van der Waals surface area contributed by atoms with E-state index in [2.05, 4.69) is 28.8 Å². The van der Waals surface area contributed by atoms with E-state index < -0.39 is 12.1 Å². The lowest BCUT2D eigenvalue weighted by Gasteiger charge is -2.40. The molecule has 6 heteroatoms. The van der Waals surface area contributed by atoms with E-state index in [0.717, 1.165) is 19.5 Å². The summed E-state index contributed by atoms with van der Waals surface area (Å²) in [6.45, 7) is 5.89. The van der Waals surface area contributed by atoms with E-state index in [1.54, 1.807) is 0 Å². The maximum atomic E-state index is 11.3. The molecule has 0 spiro atoms. The Kier molecular flexibility index (Phi) is 6.08. The Morgan fingerprint density at radius 1 is 1.42 bits per heavy atom. The van der Waals surface area contributed by atoms with Gasteiger partial charge in [-0.2, -0.15) is 0 Å². The number of methoxy groups -OCH3 is 1. The molecule has 0 radical (unpaired) electrons. The number of carbonyl (C=O) groups excluding carboxylic acids is 1. The molecule has 2 N–H and O–H groups in total. The van der Waals surface area contributed by atoms with Gasteiger partial charge in [-0.1, -0.05) is 0 Å². The largest absolute Gasteiger partial charge is 0.481 e. The molecule has 2 atom stereocenters. The molecule has 0 aliphatic carbocycles. The van der Waals surface area contributed by atoms with Gasteiger partial charge < -0.3 is 15.2 Å². The van der Waals surface area contributed by atoms with Crippen LogP contribution >= 0.6 is 0 Å². The molecule has 2 unspecified atom stereocenters. The first kappa shape index (κ1) is 15.8. The van der Waals surface area contributed by atoms with Gasteiger partial charge in [0.15, 0.2) is 0 Å². The summed E-state index contributed by atoms with van der Waals surface area (Å²) >= 11 is 0. The lowest BCUT2D eigenvalue weighted by atomic mass is 9.89. The van der Waals surface area contributed by atoms with Gasteiger partial charge in [0.25, 0.3) is 0 Å². The third-order valence-corrected chi connectivity index (χ3v) is 3.57. The van der Waals surface area contributed by atoms with Crippen molar-refractivity contribution in [1.29, 1.82) is 0 Å². The highest BCUT2D eigenvalue weighted by Gasteiger charge is 2.29. The zero-order valence-electron chi connectivity index (χ0n) is 11.9. The van der Waals surface area contributed by atoms with Crippen molar-refractivity contribution in [3.05, 3.63) is 0 Å². The van der Waals surface area contributed by atoms with Crippen LogP contribution < -0.4 is 5.32 Å². The summed E-state index contributed by atoms with van der Waals surface area (Å²) in [5.41, 5.74) is 0. The first-order valence-electron chi connectivity index (χ1n) is 6.72. The van der Waals surface area contributed by atoms with Crippen LogP contribution in [0, 0.1) is 5.92 Å². The highest BCUT2D eigenvalue weighted by molar-refractivity contribution is 5.67. The van der Waals surface area contributed by atoms with Crippen LogP contribution in [0.2, 0.25) is 0 Å². The minimum Gasteiger partial charge on any atom is -0.481 e. The molecule has 19 heavy (non-hydrogen) atoms. The van der Waals surface area contributed by atoms with Crippen LogP contribution in [0.15, 0.2) is 0 Å². The Bertz CT molecular complexity index is 320. The summed E-state index contributed by atoms with van der Waals surface area (Å²) in [5.74, 6) is -0.464. The van der Waals surface area contributed by atoms with Crippen molar-refractivity contribution in [3.63, 3.8) is 0 Å². The minimum atomic E-state index is -0.765. The number of hydrogen-bond donors (Lipinski definition) is 2. The third kappa shape index (κ3) is 5.46. The number of carboxylic acids is 1. The van der Waals surface area contributed by atoms with Crippen molar-refractivity contribution in [2.45, 2.75) is 45.2 Å². The predicted molar refractivity (Wildman–Crippen MR) is 71.0 cm³/mol. The SMILES string of the molecule is COC(=O)NC1CC(CCC(=O)O)CN(C(C)C)C1. The molecule has 110 valence electrons. The molecular formula is C13H24N2O4. The molecule has 0 aromatic heterocycles. The number of carbonyl (C=O) groups is 2. The van der Waals surface area contributed by atoms with Crippen LogP contribution in [0.4, 0.5) is 4.79 Å². The Balaban J connectivity index is 2.57. The maximum absolute atomic E-state index is 11.3. The highest BCUT2D eigenvalue weighted by atomic mass is 16.5. The van der Waals surface area contributed by atoms with Crippen molar-refractivity contribution in [3.8, 4) is 0 Å². The van der Waals surface area contributed by atoms with Crippen LogP contribution in [-0.4, -0.2) is 54.4 Å². The molecule has 1 aliphatic heterocycles. The summed E-state index contributed by atoms with van der Waals surface area (Å²) < 4.78 is 4.62. The van der Waals surface area contributed by atoms with E-state index in [1.165, 1.54) is 7.11 Å². The second-order valence-corrected chi connectivity index (χ2v) is 5.41. The molecule has 0 saturated carbocycles. The van der Waals surface area contributed by atoms with Gasteiger partial charge in [-0.05, 0) is 32.6 Å². The maximum Gasteiger partial charge on any atom is 0.407 e. The molecule has 0 aromatic carbocycles. The van der Waals surface area contributed by atoms with Gasteiger partial charge in [-0.25, -0.2) is 4.79 Å². The number of hydrogen-bond acceptors (Lipinski definition) is 4. The lowest BCUT2D eigenvalue weighted by Crippen LogP contribution is -2.52. The summed E-state index contributed by atoms with van der Waals surface area (Å²) in [4.78, 5) is 24.2. The fourth-order valence-electron chi connectivity index (χ4n) is 2.53. The molecule has 1 amide bonds. The van der Waals surface area contributed by atoms with Gasteiger partial charge in [0.05, 0.1) is 7.11 Å². The van der Waals surface area contributed by atoms with Gasteiger partial charge in [-0.15, -0.1) is 0 Å². The number of ether oxygens (including phenoxy) is 1. The summed E-state index contributed by atoms with van der Waals surface area (Å²) in [6.07, 6.45) is 1.22. The van der Waals surface area contributed by atoms with Gasteiger partial charge in [-0.3, -0.25) is 9.69 Å². The van der Waals surface area contributed by atoms with Gasteiger partial charge >= 0.3 is 12.1 Å². The zero-order chi connectivity index (χ0) is 14.4. The fraction of sp³-hybridized carbons (Fsp3) is 0.846. The van der Waals surface area contributed by atoms with Gasteiger partial charge in [0.2, 0.25) is 0 Å². The van der Waals surface area contributed by atoms with E-state index in [0.29, 0.717) is 18.4 Å². The number of likely N-dealkylation sites (tertiary alicyclic amines) is 1. The van der Waals surface area contributed by atoms with Crippen molar-refractivity contribution in [2.75, 3.05) is 20.2 Å². The van der Waals surface area contributed by atoms with Crippen molar-refractivity contribution >= 4 is 12.1 Å². The average Bonchev–Trinajstić information content (AvgIpc) is 2.35. The van der Waals surface area contributed by atoms with E-state index >= 15 is 0 Å². The topological polar surface area (TPSA) is 78.9 Å². The monoisotopic (exact) mass is 272 g/mol. The van der Waals surface area contributed by atoms with Gasteiger partial charge in [0, 0.05) is 31.6 Å². The van der Waals surface area contributed by atoms with E-state index in [4.69, 9.17) is 5.11 Å². The predicted octanol–water partition coefficient (Wildman–Crippen LogP) is 1.31. The smallest absolute Gasteiger partial charge is 0.407 e. The standard InChI is InChI=1S/C13H24N2O4/c1-9(2)15-7-10(4-5-12(16)17)6-11(8-15)14-13(18)19-3/h9-11H,4-8H2,1-3H3,(H,14,18)(H,16,17). The highest BCUT2D eigenvalue weighted by Crippen LogP contribution is 2.23. The van der Waals surface area contributed by atoms with Crippen LogP contribution in [-0.2, 0) is 9.53 Å². The normalized spacial score (nSPS) is 24.2. The summed E-state index contributed by atoms with van der Waals surface area (Å²) in [7, 11) is 1.35. The Morgan fingerprint density at radius 3 is 2.63 bits per heavy atom. The third-order valence-electron chi connectivity index (χ3n) is 3.57. The fourth-order valence-corrected chi connectivity index (χ4v) is 2.53. The number of piperidine rings is 1. The second kappa shape index (κ2) is 7.33. The van der Waals surface area contributed by atoms with Crippen molar-refractivity contribution in [1.82, 2.24) is 10.2 Å². The lowest BCUT2D eigenvalue weighted by molar-refractivity contribution is -0.137. The molecule has 1 aliphatic rings. The Labute approximate surface area is 114 Å². The minimum absolute atomic E-state index is 0.0300.